The summed E-state index contributed by atoms with van der Waals surface area (Å²) in [5.41, 5.74) is 0.904. The molecule has 0 fully saturated rings. The van der Waals surface area contributed by atoms with Crippen molar-refractivity contribution in [3.8, 4) is 0 Å². The summed E-state index contributed by atoms with van der Waals surface area (Å²) >= 11 is 5.85. The van der Waals surface area contributed by atoms with Crippen LogP contribution in [0.25, 0.3) is 0 Å². The Labute approximate surface area is 138 Å². The number of hydrogen-bond acceptors (Lipinski definition) is 3. The highest BCUT2D eigenvalue weighted by molar-refractivity contribution is 6.30. The Bertz CT molecular complexity index is 741. The fourth-order valence-electron chi connectivity index (χ4n) is 2.46. The molecule has 0 saturated carbocycles. The van der Waals surface area contributed by atoms with E-state index in [1.54, 1.807) is 27.8 Å². The maximum atomic E-state index is 12.5. The van der Waals surface area contributed by atoms with Crippen LogP contribution in [0.3, 0.4) is 0 Å². The molecule has 2 heterocycles. The van der Waals surface area contributed by atoms with Crippen molar-refractivity contribution in [3.05, 3.63) is 40.9 Å². The monoisotopic (exact) mass is 333 g/mol. The number of carbonyl (C=O) groups is 2. The lowest BCUT2D eigenvalue weighted by molar-refractivity contribution is -0.117. The van der Waals surface area contributed by atoms with Gasteiger partial charge < -0.3 is 5.32 Å². The predicted octanol–water partition coefficient (Wildman–Crippen LogP) is 1.88. The summed E-state index contributed by atoms with van der Waals surface area (Å²) in [5.74, 6) is 1.09. The number of aromatic nitrogens is 2. The second kappa shape index (κ2) is 6.29. The van der Waals surface area contributed by atoms with E-state index in [9.17, 15) is 9.59 Å². The maximum Gasteiger partial charge on any atom is 0.320 e. The van der Waals surface area contributed by atoms with Crippen molar-refractivity contribution in [1.29, 1.82) is 0 Å². The van der Waals surface area contributed by atoms with Crippen LogP contribution in [0.4, 0.5) is 16.4 Å². The Balaban J connectivity index is 1.72. The maximum absolute atomic E-state index is 12.5. The zero-order valence-electron chi connectivity index (χ0n) is 12.5. The summed E-state index contributed by atoms with van der Waals surface area (Å²) < 4.78 is 1.71. The minimum atomic E-state index is -0.346. The summed E-state index contributed by atoms with van der Waals surface area (Å²) in [4.78, 5) is 25.5. The van der Waals surface area contributed by atoms with Gasteiger partial charge in [0.05, 0.1) is 13.0 Å². The number of amides is 3. The number of benzene rings is 1. The molecule has 3 amide bonds. The quantitative estimate of drug-likeness (QED) is 0.900. The number of nitrogens with zero attached hydrogens (tertiary/aromatic N) is 3. The van der Waals surface area contributed by atoms with E-state index in [4.69, 9.17) is 11.6 Å². The van der Waals surface area contributed by atoms with Crippen molar-refractivity contribution >= 4 is 35.2 Å². The number of hydrogen-bond donors (Lipinski definition) is 2. The van der Waals surface area contributed by atoms with Crippen molar-refractivity contribution in [3.63, 3.8) is 0 Å². The minimum absolute atomic E-state index is 0.0162. The Morgan fingerprint density at radius 1 is 1.26 bits per heavy atom. The van der Waals surface area contributed by atoms with E-state index in [1.807, 2.05) is 12.1 Å². The molecule has 0 bridgehead atoms. The molecule has 1 aliphatic rings. The number of halogens is 1. The van der Waals surface area contributed by atoms with E-state index in [-0.39, 0.29) is 11.9 Å². The first-order chi connectivity index (χ1) is 11.1. The second-order valence-corrected chi connectivity index (χ2v) is 5.60. The molecule has 0 saturated heterocycles. The number of rotatable bonds is 3. The number of anilines is 2. The molecule has 1 aliphatic heterocycles. The van der Waals surface area contributed by atoms with Gasteiger partial charge in [-0.15, -0.1) is 0 Å². The van der Waals surface area contributed by atoms with Crippen LogP contribution < -0.4 is 15.5 Å². The third-order valence-electron chi connectivity index (χ3n) is 3.61. The molecule has 0 radical (unpaired) electrons. The first-order valence-corrected chi connectivity index (χ1v) is 7.56. The van der Waals surface area contributed by atoms with E-state index in [0.717, 1.165) is 5.56 Å². The molecular weight excluding hydrogens is 318 g/mol. The molecule has 120 valence electrons. The SMILES string of the molecule is CNC(=O)Nc1cc2n(n1)CCN2C(=O)Cc1ccc(Cl)cc1. The highest BCUT2D eigenvalue weighted by atomic mass is 35.5. The number of nitrogens with one attached hydrogen (secondary N) is 2. The Morgan fingerprint density at radius 2 is 2.00 bits per heavy atom. The molecule has 23 heavy (non-hydrogen) atoms. The van der Waals surface area contributed by atoms with E-state index in [1.165, 1.54) is 7.05 Å². The molecule has 2 aromatic rings. The molecule has 1 aromatic heterocycles. The molecule has 0 unspecified atom stereocenters. The van der Waals surface area contributed by atoms with E-state index < -0.39 is 0 Å². The van der Waals surface area contributed by atoms with Gasteiger partial charge in [0.2, 0.25) is 5.91 Å². The molecule has 0 spiro atoms. The van der Waals surface area contributed by atoms with Crippen LogP contribution in [0, 0.1) is 0 Å². The molecule has 0 aliphatic carbocycles. The van der Waals surface area contributed by atoms with Crippen LogP contribution in [0.15, 0.2) is 30.3 Å². The second-order valence-electron chi connectivity index (χ2n) is 5.16. The molecule has 3 rings (SSSR count). The molecule has 2 N–H and O–H groups in total. The topological polar surface area (TPSA) is 79.3 Å². The molecule has 0 atom stereocenters. The largest absolute Gasteiger partial charge is 0.341 e. The fraction of sp³-hybridized carbons (Fsp3) is 0.267. The number of fused-ring (bicyclic) bond motifs is 1. The zero-order valence-corrected chi connectivity index (χ0v) is 13.3. The van der Waals surface area contributed by atoms with Crippen molar-refractivity contribution in [1.82, 2.24) is 15.1 Å². The van der Waals surface area contributed by atoms with Crippen molar-refractivity contribution in [2.24, 2.45) is 0 Å². The van der Waals surface area contributed by atoms with Crippen LogP contribution in [0.2, 0.25) is 5.02 Å². The average Bonchev–Trinajstić information content (AvgIpc) is 3.09. The Kier molecular flexibility index (Phi) is 4.20. The highest BCUT2D eigenvalue weighted by Gasteiger charge is 2.27. The Morgan fingerprint density at radius 3 is 2.70 bits per heavy atom. The van der Waals surface area contributed by atoms with Crippen LogP contribution in [-0.4, -0.2) is 35.3 Å². The van der Waals surface area contributed by atoms with Gasteiger partial charge in [-0.2, -0.15) is 5.10 Å². The molecule has 7 nitrogen and oxygen atoms in total. The molecule has 1 aromatic carbocycles. The van der Waals surface area contributed by atoms with Crippen molar-refractivity contribution in [2.75, 3.05) is 23.8 Å². The first-order valence-electron chi connectivity index (χ1n) is 7.18. The third-order valence-corrected chi connectivity index (χ3v) is 3.86. The van der Waals surface area contributed by atoms with E-state index in [0.29, 0.717) is 36.2 Å². The van der Waals surface area contributed by atoms with Gasteiger partial charge in [0.15, 0.2) is 5.82 Å². The van der Waals surface area contributed by atoms with Crippen LogP contribution in [-0.2, 0) is 17.8 Å². The van der Waals surface area contributed by atoms with Gasteiger partial charge in [-0.25, -0.2) is 9.48 Å². The number of carbonyl (C=O) groups excluding carboxylic acids is 2. The highest BCUT2D eigenvalue weighted by Crippen LogP contribution is 2.25. The smallest absolute Gasteiger partial charge is 0.320 e. The average molecular weight is 334 g/mol. The van der Waals surface area contributed by atoms with E-state index >= 15 is 0 Å². The van der Waals surface area contributed by atoms with Crippen LogP contribution in [0.1, 0.15) is 5.56 Å². The normalized spacial score (nSPS) is 12.9. The van der Waals surface area contributed by atoms with Gasteiger partial charge in [-0.3, -0.25) is 15.0 Å². The fourth-order valence-corrected chi connectivity index (χ4v) is 2.59. The third kappa shape index (κ3) is 3.29. The number of urea groups is 1. The van der Waals surface area contributed by atoms with Gasteiger partial charge in [0.1, 0.15) is 5.82 Å². The van der Waals surface area contributed by atoms with Crippen LogP contribution >= 0.6 is 11.6 Å². The van der Waals surface area contributed by atoms with Gasteiger partial charge in [0, 0.05) is 24.7 Å². The molecular formula is C15H16ClN5O2. The van der Waals surface area contributed by atoms with Gasteiger partial charge in [0.25, 0.3) is 0 Å². The summed E-state index contributed by atoms with van der Waals surface area (Å²) in [6, 6.07) is 8.56. The summed E-state index contributed by atoms with van der Waals surface area (Å²) in [6.07, 6.45) is 0.292. The van der Waals surface area contributed by atoms with Crippen molar-refractivity contribution in [2.45, 2.75) is 13.0 Å². The van der Waals surface area contributed by atoms with Gasteiger partial charge in [-0.05, 0) is 17.7 Å². The predicted molar refractivity (Wildman–Crippen MR) is 87.8 cm³/mol. The lowest BCUT2D eigenvalue weighted by Crippen LogP contribution is -2.30. The first kappa shape index (κ1) is 15.4. The van der Waals surface area contributed by atoms with Crippen molar-refractivity contribution < 1.29 is 9.59 Å². The summed E-state index contributed by atoms with van der Waals surface area (Å²) in [5, 5.41) is 9.97. The zero-order chi connectivity index (χ0) is 16.4. The van der Waals surface area contributed by atoms with Crippen LogP contribution in [0.5, 0.6) is 0 Å². The minimum Gasteiger partial charge on any atom is -0.341 e. The van der Waals surface area contributed by atoms with E-state index in [2.05, 4.69) is 15.7 Å². The summed E-state index contributed by atoms with van der Waals surface area (Å²) in [7, 11) is 1.53. The standard InChI is InChI=1S/C15H16ClN5O2/c1-17-15(23)18-12-9-13-20(6-7-21(13)19-12)14(22)8-10-2-4-11(16)5-3-10/h2-5,9H,6-8H2,1H3,(H2,17,18,19,23). The molecule has 8 heteroatoms. The van der Waals surface area contributed by atoms with Gasteiger partial charge >= 0.3 is 6.03 Å². The Hall–Kier alpha value is -2.54. The summed E-state index contributed by atoms with van der Waals surface area (Å²) in [6.45, 7) is 1.19. The lowest BCUT2D eigenvalue weighted by Gasteiger charge is -2.14. The van der Waals surface area contributed by atoms with Gasteiger partial charge in [-0.1, -0.05) is 23.7 Å². The lowest BCUT2D eigenvalue weighted by atomic mass is 10.1.